The average Bonchev–Trinajstić information content (AvgIpc) is 2.77. The molecule has 2 amide bonds. The molecule has 29 heavy (non-hydrogen) atoms. The molecular formula is C23H22N2O4. The minimum atomic E-state index is -0.884. The van der Waals surface area contributed by atoms with Gasteiger partial charge in [0.15, 0.2) is 6.04 Å². The van der Waals surface area contributed by atoms with E-state index in [1.165, 1.54) is 7.11 Å². The number of carbonyl (C=O) groups is 3. The number of amides is 2. The maximum Gasteiger partial charge on any atom is 0.333 e. The standard InChI is InChI=1S/C23H22N2O4/c1-29-23(28)21(17-8-3-2-4-9-17)25-20(26)13-14-24-22(27)19-12-11-16-7-5-6-10-18(16)15-19/h2-12,15,21H,13-14H2,1H3,(H,24,27)(H,25,26). The van der Waals surface area contributed by atoms with E-state index < -0.39 is 12.0 Å². The van der Waals surface area contributed by atoms with Crippen molar-refractivity contribution in [3.8, 4) is 0 Å². The maximum atomic E-state index is 12.4. The van der Waals surface area contributed by atoms with Crippen LogP contribution in [-0.4, -0.2) is 31.4 Å². The molecule has 3 aromatic rings. The van der Waals surface area contributed by atoms with E-state index in [0.717, 1.165) is 10.8 Å². The third kappa shape index (κ3) is 5.19. The Balaban J connectivity index is 1.55. The number of rotatable bonds is 7. The smallest absolute Gasteiger partial charge is 0.333 e. The van der Waals surface area contributed by atoms with Gasteiger partial charge in [-0.3, -0.25) is 9.59 Å². The predicted molar refractivity (Wildman–Crippen MR) is 110 cm³/mol. The Hall–Kier alpha value is -3.67. The summed E-state index contributed by atoms with van der Waals surface area (Å²) in [6, 6.07) is 21.2. The third-order valence-corrected chi connectivity index (χ3v) is 4.52. The molecule has 148 valence electrons. The first kappa shape index (κ1) is 20.1. The largest absolute Gasteiger partial charge is 0.467 e. The zero-order chi connectivity index (χ0) is 20.6. The molecule has 3 aromatic carbocycles. The van der Waals surface area contributed by atoms with Gasteiger partial charge in [-0.2, -0.15) is 0 Å². The van der Waals surface area contributed by atoms with Gasteiger partial charge in [-0.1, -0.05) is 60.7 Å². The van der Waals surface area contributed by atoms with Gasteiger partial charge >= 0.3 is 5.97 Å². The number of fused-ring (bicyclic) bond motifs is 1. The summed E-state index contributed by atoms with van der Waals surface area (Å²) in [6.45, 7) is 0.153. The van der Waals surface area contributed by atoms with Crippen LogP contribution in [0.15, 0.2) is 72.8 Å². The topological polar surface area (TPSA) is 84.5 Å². The highest BCUT2D eigenvalue weighted by atomic mass is 16.5. The number of hydrogen-bond donors (Lipinski definition) is 2. The van der Waals surface area contributed by atoms with Gasteiger partial charge in [0.05, 0.1) is 7.11 Å². The second kappa shape index (κ2) is 9.50. The van der Waals surface area contributed by atoms with Crippen molar-refractivity contribution in [2.24, 2.45) is 0 Å². The van der Waals surface area contributed by atoms with Crippen LogP contribution in [0.2, 0.25) is 0 Å². The molecule has 0 saturated carbocycles. The molecule has 1 atom stereocenters. The first-order chi connectivity index (χ1) is 14.1. The van der Waals surface area contributed by atoms with E-state index in [1.54, 1.807) is 30.3 Å². The molecule has 0 heterocycles. The first-order valence-electron chi connectivity index (χ1n) is 9.27. The van der Waals surface area contributed by atoms with Crippen molar-refractivity contribution >= 4 is 28.6 Å². The van der Waals surface area contributed by atoms with Gasteiger partial charge in [-0.15, -0.1) is 0 Å². The molecule has 1 unspecified atom stereocenters. The lowest BCUT2D eigenvalue weighted by atomic mass is 10.1. The van der Waals surface area contributed by atoms with Crippen molar-refractivity contribution in [1.82, 2.24) is 10.6 Å². The van der Waals surface area contributed by atoms with Gasteiger partial charge in [0, 0.05) is 18.5 Å². The van der Waals surface area contributed by atoms with Crippen molar-refractivity contribution in [1.29, 1.82) is 0 Å². The van der Waals surface area contributed by atoms with Gasteiger partial charge in [-0.05, 0) is 28.5 Å². The number of benzene rings is 3. The molecule has 2 N–H and O–H groups in total. The highest BCUT2D eigenvalue weighted by Gasteiger charge is 2.23. The Morgan fingerprint density at radius 3 is 2.31 bits per heavy atom. The van der Waals surface area contributed by atoms with Gasteiger partial charge < -0.3 is 15.4 Å². The molecule has 3 rings (SSSR count). The minimum Gasteiger partial charge on any atom is -0.467 e. The number of nitrogens with one attached hydrogen (secondary N) is 2. The van der Waals surface area contributed by atoms with Crippen LogP contribution < -0.4 is 10.6 Å². The van der Waals surface area contributed by atoms with Crippen molar-refractivity contribution in [2.45, 2.75) is 12.5 Å². The molecule has 0 aliphatic carbocycles. The molecule has 0 bridgehead atoms. The zero-order valence-corrected chi connectivity index (χ0v) is 16.1. The van der Waals surface area contributed by atoms with Crippen molar-refractivity contribution in [2.75, 3.05) is 13.7 Å². The molecule has 6 nitrogen and oxygen atoms in total. The van der Waals surface area contributed by atoms with E-state index in [4.69, 9.17) is 4.74 Å². The minimum absolute atomic E-state index is 0.0413. The fourth-order valence-electron chi connectivity index (χ4n) is 3.00. The normalized spacial score (nSPS) is 11.5. The van der Waals surface area contributed by atoms with E-state index in [0.29, 0.717) is 11.1 Å². The molecule has 0 aliphatic rings. The number of carbonyl (C=O) groups excluding carboxylic acids is 3. The first-order valence-corrected chi connectivity index (χ1v) is 9.27. The summed E-state index contributed by atoms with van der Waals surface area (Å²) < 4.78 is 4.78. The summed E-state index contributed by atoms with van der Waals surface area (Å²) in [6.07, 6.45) is 0.0413. The fraction of sp³-hybridized carbons (Fsp3) is 0.174. The summed E-state index contributed by atoms with van der Waals surface area (Å²) in [5.41, 5.74) is 1.16. The van der Waals surface area contributed by atoms with E-state index in [2.05, 4.69) is 10.6 Å². The number of ether oxygens (including phenoxy) is 1. The van der Waals surface area contributed by atoms with Gasteiger partial charge in [0.25, 0.3) is 5.91 Å². The quantitative estimate of drug-likeness (QED) is 0.608. The number of hydrogen-bond acceptors (Lipinski definition) is 4. The number of esters is 1. The summed E-state index contributed by atoms with van der Waals surface area (Å²) in [4.78, 5) is 36.6. The highest BCUT2D eigenvalue weighted by Crippen LogP contribution is 2.16. The molecule has 0 aromatic heterocycles. The molecular weight excluding hydrogens is 368 g/mol. The summed E-state index contributed by atoms with van der Waals surface area (Å²) >= 11 is 0. The monoisotopic (exact) mass is 390 g/mol. The lowest BCUT2D eigenvalue weighted by Crippen LogP contribution is -2.36. The van der Waals surface area contributed by atoms with Crippen LogP contribution in [0.1, 0.15) is 28.4 Å². The van der Waals surface area contributed by atoms with Crippen LogP contribution in [0, 0.1) is 0 Å². The predicted octanol–water partition coefficient (Wildman–Crippen LogP) is 2.99. The highest BCUT2D eigenvalue weighted by molar-refractivity contribution is 5.98. The van der Waals surface area contributed by atoms with Gasteiger partial charge in [0.1, 0.15) is 0 Å². The van der Waals surface area contributed by atoms with E-state index in [9.17, 15) is 14.4 Å². The molecule has 0 radical (unpaired) electrons. The molecule has 0 aliphatic heterocycles. The Kier molecular flexibility index (Phi) is 6.58. The van der Waals surface area contributed by atoms with E-state index in [-0.39, 0.29) is 24.8 Å². The lowest BCUT2D eigenvalue weighted by molar-refractivity contribution is -0.145. The Morgan fingerprint density at radius 2 is 1.59 bits per heavy atom. The summed E-state index contributed by atoms with van der Waals surface area (Å²) in [5.74, 6) is -1.16. The van der Waals surface area contributed by atoms with Crippen LogP contribution in [0.5, 0.6) is 0 Å². The second-order valence-electron chi connectivity index (χ2n) is 6.50. The van der Waals surface area contributed by atoms with E-state index >= 15 is 0 Å². The third-order valence-electron chi connectivity index (χ3n) is 4.52. The van der Waals surface area contributed by atoms with Gasteiger partial charge in [-0.25, -0.2) is 4.79 Å². The average molecular weight is 390 g/mol. The van der Waals surface area contributed by atoms with Crippen LogP contribution in [0.25, 0.3) is 10.8 Å². The molecule has 0 spiro atoms. The van der Waals surface area contributed by atoms with Crippen LogP contribution in [0.3, 0.4) is 0 Å². The lowest BCUT2D eigenvalue weighted by Gasteiger charge is -2.17. The molecule has 0 fully saturated rings. The van der Waals surface area contributed by atoms with Crippen LogP contribution in [-0.2, 0) is 14.3 Å². The van der Waals surface area contributed by atoms with Crippen LogP contribution >= 0.6 is 0 Å². The summed E-state index contributed by atoms with van der Waals surface area (Å²) in [5, 5.41) is 7.42. The van der Waals surface area contributed by atoms with Crippen LogP contribution in [0.4, 0.5) is 0 Å². The Labute approximate surface area is 168 Å². The van der Waals surface area contributed by atoms with Crippen molar-refractivity contribution in [3.05, 3.63) is 83.9 Å². The SMILES string of the molecule is COC(=O)C(NC(=O)CCNC(=O)c1ccc2ccccc2c1)c1ccccc1. The fourth-order valence-corrected chi connectivity index (χ4v) is 3.00. The maximum absolute atomic E-state index is 12.4. The second-order valence-corrected chi connectivity index (χ2v) is 6.50. The Morgan fingerprint density at radius 1 is 0.897 bits per heavy atom. The molecule has 0 saturated heterocycles. The van der Waals surface area contributed by atoms with Crippen molar-refractivity contribution in [3.63, 3.8) is 0 Å². The number of methoxy groups -OCH3 is 1. The zero-order valence-electron chi connectivity index (χ0n) is 16.1. The van der Waals surface area contributed by atoms with Crippen molar-refractivity contribution < 1.29 is 19.1 Å². The van der Waals surface area contributed by atoms with Gasteiger partial charge in [0.2, 0.25) is 5.91 Å². The summed E-state index contributed by atoms with van der Waals surface area (Å²) in [7, 11) is 1.27. The van der Waals surface area contributed by atoms with E-state index in [1.807, 2.05) is 42.5 Å². The Bertz CT molecular complexity index is 1020. The molecule has 6 heteroatoms.